The highest BCUT2D eigenvalue weighted by Crippen LogP contribution is 2.32. The van der Waals surface area contributed by atoms with Crippen molar-refractivity contribution in [2.45, 2.75) is 51.4 Å². The molecule has 1 N–H and O–H groups in total. The van der Waals surface area contributed by atoms with Crippen LogP contribution in [0.3, 0.4) is 0 Å². The number of nitrogens with one attached hydrogen (secondary N) is 1. The Bertz CT molecular complexity index is 2160. The van der Waals surface area contributed by atoms with Gasteiger partial charge in [-0.05, 0) is 75.1 Å². The normalized spacial score (nSPS) is 16.6. The van der Waals surface area contributed by atoms with Crippen molar-refractivity contribution >= 4 is 11.6 Å². The van der Waals surface area contributed by atoms with E-state index in [-0.39, 0.29) is 23.0 Å². The molecular weight excluding hydrogens is 659 g/mol. The lowest BCUT2D eigenvalue weighted by molar-refractivity contribution is -0.907. The van der Waals surface area contributed by atoms with Crippen LogP contribution in [-0.4, -0.2) is 66.0 Å². The van der Waals surface area contributed by atoms with Crippen LogP contribution in [0.4, 0.5) is 18.9 Å². The van der Waals surface area contributed by atoms with Gasteiger partial charge in [-0.1, -0.05) is 18.2 Å². The molecule has 1 aliphatic rings. The summed E-state index contributed by atoms with van der Waals surface area (Å²) in [5.74, 6) is -0.143. The van der Waals surface area contributed by atoms with E-state index in [1.54, 1.807) is 30.3 Å². The highest BCUT2D eigenvalue weighted by Gasteiger charge is 2.34. The fourth-order valence-electron chi connectivity index (χ4n) is 7.33. The van der Waals surface area contributed by atoms with Gasteiger partial charge >= 0.3 is 6.18 Å². The van der Waals surface area contributed by atoms with Crippen LogP contribution in [0.1, 0.15) is 53.0 Å². The Labute approximate surface area is 293 Å². The van der Waals surface area contributed by atoms with Crippen LogP contribution in [0.15, 0.2) is 71.7 Å². The van der Waals surface area contributed by atoms with Crippen molar-refractivity contribution in [2.24, 2.45) is 20.0 Å². The molecule has 51 heavy (non-hydrogen) atoms. The van der Waals surface area contributed by atoms with E-state index in [4.69, 9.17) is 6.57 Å². The number of aromatic nitrogens is 6. The summed E-state index contributed by atoms with van der Waals surface area (Å²) >= 11 is 0. The minimum atomic E-state index is -4.63. The maximum atomic E-state index is 14.2. The molecule has 0 atom stereocenters. The summed E-state index contributed by atoms with van der Waals surface area (Å²) in [6.45, 7) is 11.1. The molecule has 3 heterocycles. The Morgan fingerprint density at radius 3 is 2.35 bits per heavy atom. The van der Waals surface area contributed by atoms with Gasteiger partial charge in [-0.15, -0.1) is 0 Å². The Morgan fingerprint density at radius 2 is 1.73 bits per heavy atom. The molecule has 0 unspecified atom stereocenters. The van der Waals surface area contributed by atoms with Crippen LogP contribution in [0.5, 0.6) is 0 Å². The molecule has 0 spiro atoms. The van der Waals surface area contributed by atoms with Gasteiger partial charge < -0.3 is 9.80 Å². The third-order valence-electron chi connectivity index (χ3n) is 9.64. The third-order valence-corrected chi connectivity index (χ3v) is 9.64. The lowest BCUT2D eigenvalue weighted by Gasteiger charge is -2.36. The summed E-state index contributed by atoms with van der Waals surface area (Å²) in [4.78, 5) is 31.8. The molecule has 6 rings (SSSR count). The van der Waals surface area contributed by atoms with Gasteiger partial charge in [-0.25, -0.2) is 14.2 Å². The first-order valence-corrected chi connectivity index (χ1v) is 16.8. The SMILES string of the molecule is [C-]#[N+]c1ccc(-n2nccc2-c2c(C(=O)NC3CCC(C[N+](C)(C)Cc4cc(C)nn4C)CC3)c(=O)n(-c3cccc(C(F)(F)F)c3)n2C)cc1. The zero-order valence-electron chi connectivity index (χ0n) is 29.3. The van der Waals surface area contributed by atoms with E-state index in [0.717, 1.165) is 65.8 Å². The van der Waals surface area contributed by atoms with Gasteiger partial charge in [0, 0.05) is 26.1 Å². The van der Waals surface area contributed by atoms with Crippen LogP contribution in [0.25, 0.3) is 27.6 Å². The number of benzene rings is 2. The fraction of sp³-hybridized carbons (Fsp3) is 0.378. The molecule has 0 bridgehead atoms. The second kappa shape index (κ2) is 13.7. The van der Waals surface area contributed by atoms with Crippen molar-refractivity contribution < 1.29 is 22.4 Å². The molecule has 11 nitrogen and oxygen atoms in total. The van der Waals surface area contributed by atoms with Gasteiger partial charge in [0.1, 0.15) is 17.8 Å². The maximum Gasteiger partial charge on any atom is 0.416 e. The smallest absolute Gasteiger partial charge is 0.349 e. The molecule has 14 heteroatoms. The number of hydrogen-bond acceptors (Lipinski definition) is 4. The minimum absolute atomic E-state index is 0.0346. The molecule has 266 valence electrons. The van der Waals surface area contributed by atoms with Gasteiger partial charge in [-0.3, -0.25) is 19.0 Å². The number of aryl methyl sites for hydroxylation is 2. The summed E-state index contributed by atoms with van der Waals surface area (Å²) in [6.07, 6.45) is 0.158. The predicted octanol–water partition coefficient (Wildman–Crippen LogP) is 6.21. The number of carbonyl (C=O) groups excluding carboxylic acids is 1. The molecule has 0 radical (unpaired) electrons. The number of carbonyl (C=O) groups is 1. The second-order valence-corrected chi connectivity index (χ2v) is 14.0. The van der Waals surface area contributed by atoms with Gasteiger partial charge in [0.05, 0.1) is 67.4 Å². The summed E-state index contributed by atoms with van der Waals surface area (Å²) in [5.41, 5.74) is 1.85. The molecule has 1 saturated carbocycles. The Hall–Kier alpha value is -5.42. The van der Waals surface area contributed by atoms with E-state index in [0.29, 0.717) is 23.0 Å². The van der Waals surface area contributed by atoms with Gasteiger partial charge in [-0.2, -0.15) is 23.4 Å². The number of nitrogens with zero attached hydrogens (tertiary/aromatic N) is 8. The lowest BCUT2D eigenvalue weighted by atomic mass is 9.85. The molecule has 0 aliphatic heterocycles. The molecule has 2 aromatic carbocycles. The monoisotopic (exact) mass is 700 g/mol. The zero-order chi connectivity index (χ0) is 36.7. The molecule has 1 fully saturated rings. The molecule has 1 amide bonds. The van der Waals surface area contributed by atoms with Crippen molar-refractivity contribution in [1.82, 2.24) is 34.2 Å². The predicted molar refractivity (Wildman–Crippen MR) is 187 cm³/mol. The summed E-state index contributed by atoms with van der Waals surface area (Å²) in [5, 5.41) is 12.0. The average Bonchev–Trinajstić information content (AvgIpc) is 3.75. The number of amides is 1. The number of halogens is 3. The van der Waals surface area contributed by atoms with Crippen LogP contribution in [0.2, 0.25) is 0 Å². The molecule has 1 aliphatic carbocycles. The third kappa shape index (κ3) is 7.39. The number of hydrogen-bond donors (Lipinski definition) is 1. The quantitative estimate of drug-likeness (QED) is 0.146. The van der Waals surface area contributed by atoms with Crippen LogP contribution in [-0.2, 0) is 26.8 Å². The standard InChI is InChI=1S/C37H40F3N9O2/c1-24-20-31(45(3)44-24)23-49(5,6)22-25-10-12-28(13-11-25)43-35(50)33-34(32-18-19-42-47(32)29-16-14-27(41-2)15-17-29)46(4)48(36(33)51)30-9-7-8-26(21-30)37(38,39)40/h7-9,14-21,25,28H,10-13,22-23H2,1,3-6H3/p+1. The lowest BCUT2D eigenvalue weighted by Crippen LogP contribution is -2.46. The van der Waals surface area contributed by atoms with E-state index in [2.05, 4.69) is 40.5 Å². The summed E-state index contributed by atoms with van der Waals surface area (Å²) in [6, 6.07) is 14.7. The second-order valence-electron chi connectivity index (χ2n) is 14.0. The topological polar surface area (TPSA) is 96.0 Å². The molecule has 3 aromatic heterocycles. The van der Waals surface area contributed by atoms with Gasteiger partial charge in [0.25, 0.3) is 11.5 Å². The largest absolute Gasteiger partial charge is 0.416 e. The molecule has 5 aromatic rings. The first kappa shape index (κ1) is 35.4. The van der Waals surface area contributed by atoms with Crippen molar-refractivity contribution in [3.05, 3.63) is 111 Å². The average molecular weight is 701 g/mol. The first-order valence-electron chi connectivity index (χ1n) is 16.8. The van der Waals surface area contributed by atoms with Gasteiger partial charge in [0.2, 0.25) is 0 Å². The van der Waals surface area contributed by atoms with E-state index < -0.39 is 23.2 Å². The van der Waals surface area contributed by atoms with Crippen LogP contribution >= 0.6 is 0 Å². The Kier molecular flexibility index (Phi) is 9.52. The van der Waals surface area contributed by atoms with Crippen LogP contribution < -0.4 is 10.9 Å². The Balaban J connectivity index is 1.29. The van der Waals surface area contributed by atoms with Crippen molar-refractivity contribution in [1.29, 1.82) is 0 Å². The number of quaternary nitrogens is 1. The van der Waals surface area contributed by atoms with E-state index in [9.17, 15) is 22.8 Å². The van der Waals surface area contributed by atoms with Crippen molar-refractivity contribution in [2.75, 3.05) is 20.6 Å². The fourth-order valence-corrected chi connectivity index (χ4v) is 7.33. The minimum Gasteiger partial charge on any atom is -0.349 e. The number of rotatable bonds is 9. The summed E-state index contributed by atoms with van der Waals surface area (Å²) in [7, 11) is 7.93. The Morgan fingerprint density at radius 1 is 1.02 bits per heavy atom. The van der Waals surface area contributed by atoms with E-state index in [1.165, 1.54) is 40.4 Å². The van der Waals surface area contributed by atoms with Gasteiger partial charge in [0.15, 0.2) is 5.69 Å². The van der Waals surface area contributed by atoms with Crippen molar-refractivity contribution in [3.63, 3.8) is 0 Å². The van der Waals surface area contributed by atoms with Crippen molar-refractivity contribution in [3.8, 4) is 22.8 Å². The summed E-state index contributed by atoms with van der Waals surface area (Å²) < 4.78 is 47.9. The van der Waals surface area contributed by atoms with E-state index in [1.807, 2.05) is 18.7 Å². The maximum absolute atomic E-state index is 14.2. The first-order chi connectivity index (χ1) is 24.1. The molecule has 0 saturated heterocycles. The van der Waals surface area contributed by atoms with Crippen LogP contribution in [0, 0.1) is 19.4 Å². The molecular formula is C37H41F3N9O2+. The highest BCUT2D eigenvalue weighted by molar-refractivity contribution is 6.00. The highest BCUT2D eigenvalue weighted by atomic mass is 19.4. The zero-order valence-corrected chi connectivity index (χ0v) is 29.3. The number of alkyl halides is 3. The van der Waals surface area contributed by atoms with E-state index >= 15 is 0 Å².